The summed E-state index contributed by atoms with van der Waals surface area (Å²) in [5, 5.41) is 4.76. The number of nitrogens with zero attached hydrogens (tertiary/aromatic N) is 3. The van der Waals surface area contributed by atoms with Crippen LogP contribution in [0.25, 0.3) is 5.69 Å². The van der Waals surface area contributed by atoms with Gasteiger partial charge in [0.25, 0.3) is 15.9 Å². The fraction of sp³-hybridized carbons (Fsp3) is 0.172. The summed E-state index contributed by atoms with van der Waals surface area (Å²) in [7, 11) is -2.52. The molecule has 8 nitrogen and oxygen atoms in total. The highest BCUT2D eigenvalue weighted by Crippen LogP contribution is 2.26. The van der Waals surface area contributed by atoms with Crippen LogP contribution < -0.4 is 14.5 Å². The highest BCUT2D eigenvalue weighted by Gasteiger charge is 2.27. The Balaban J connectivity index is 1.55. The summed E-state index contributed by atoms with van der Waals surface area (Å²) in [6.07, 6.45) is 1.54. The van der Waals surface area contributed by atoms with Crippen molar-refractivity contribution in [2.45, 2.75) is 25.7 Å². The van der Waals surface area contributed by atoms with E-state index in [2.05, 4.69) is 15.1 Å². The maximum atomic E-state index is 13.5. The molecule has 0 saturated carbocycles. The number of rotatable bonds is 9. The number of benzene rings is 3. The first-order chi connectivity index (χ1) is 18.6. The van der Waals surface area contributed by atoms with Crippen LogP contribution in [0.2, 0.25) is 5.02 Å². The number of anilines is 1. The van der Waals surface area contributed by atoms with Gasteiger partial charge in [0.1, 0.15) is 12.3 Å². The number of aryl methyl sites for hydroxylation is 2. The number of ether oxygens (including phenoxy) is 1. The third kappa shape index (κ3) is 6.32. The lowest BCUT2D eigenvalue weighted by atomic mass is 10.2. The van der Waals surface area contributed by atoms with Crippen LogP contribution in [0.15, 0.2) is 88.9 Å². The van der Waals surface area contributed by atoms with Gasteiger partial charge in [-0.1, -0.05) is 29.3 Å². The summed E-state index contributed by atoms with van der Waals surface area (Å²) in [5.74, 6) is -0.0269. The molecule has 1 N–H and O–H groups in total. The van der Waals surface area contributed by atoms with Crippen molar-refractivity contribution in [1.29, 1.82) is 0 Å². The molecule has 1 heterocycles. The van der Waals surface area contributed by atoms with E-state index in [4.69, 9.17) is 16.3 Å². The third-order valence-corrected chi connectivity index (χ3v) is 8.24. The molecule has 0 aliphatic carbocycles. The summed E-state index contributed by atoms with van der Waals surface area (Å²) in [5.41, 5.74) is 7.38. The number of sulfonamides is 1. The Bertz CT molecular complexity index is 1590. The Kier molecular flexibility index (Phi) is 8.42. The third-order valence-electron chi connectivity index (χ3n) is 6.20. The Morgan fingerprint density at radius 2 is 1.64 bits per heavy atom. The van der Waals surface area contributed by atoms with E-state index in [1.54, 1.807) is 42.6 Å². The van der Waals surface area contributed by atoms with Crippen LogP contribution in [0.4, 0.5) is 5.69 Å². The van der Waals surface area contributed by atoms with Gasteiger partial charge in [-0.15, -0.1) is 0 Å². The van der Waals surface area contributed by atoms with E-state index in [9.17, 15) is 13.2 Å². The van der Waals surface area contributed by atoms with Gasteiger partial charge < -0.3 is 9.30 Å². The standard InChI is InChI=1S/C29H29ClN4O4S/c1-20-5-15-28(16-6-20)39(36,37)33(25-11-13-27(38-4)14-12-25)19-29(35)32-31-18-23-17-21(2)34(22(23)3)26-9-7-24(30)8-10-26/h5-18H,19H2,1-4H3,(H,32,35)/b31-18-. The van der Waals surface area contributed by atoms with Crippen LogP contribution in [-0.2, 0) is 14.8 Å². The lowest BCUT2D eigenvalue weighted by Crippen LogP contribution is -2.39. The van der Waals surface area contributed by atoms with E-state index in [0.29, 0.717) is 16.5 Å². The minimum absolute atomic E-state index is 0.0786. The van der Waals surface area contributed by atoms with Crippen molar-refractivity contribution in [2.75, 3.05) is 18.0 Å². The van der Waals surface area contributed by atoms with Gasteiger partial charge in [0.2, 0.25) is 0 Å². The van der Waals surface area contributed by atoms with Crippen LogP contribution in [0.3, 0.4) is 0 Å². The fourth-order valence-corrected chi connectivity index (χ4v) is 5.69. The Morgan fingerprint density at radius 1 is 1.00 bits per heavy atom. The average molecular weight is 565 g/mol. The predicted octanol–water partition coefficient (Wildman–Crippen LogP) is 5.41. The molecule has 4 rings (SSSR count). The minimum atomic E-state index is -4.04. The Labute approximate surface area is 233 Å². The number of amides is 1. The molecule has 10 heteroatoms. The number of hydrogen-bond donors (Lipinski definition) is 1. The SMILES string of the molecule is COc1ccc(N(CC(=O)N/N=C\c2cc(C)n(-c3ccc(Cl)cc3)c2C)S(=O)(=O)c2ccc(C)cc2)cc1. The quantitative estimate of drug-likeness (QED) is 0.217. The van der Waals surface area contributed by atoms with Crippen LogP contribution >= 0.6 is 11.6 Å². The zero-order valence-corrected chi connectivity index (χ0v) is 23.6. The average Bonchev–Trinajstić information content (AvgIpc) is 3.20. The van der Waals surface area contributed by atoms with Gasteiger partial charge in [-0.2, -0.15) is 5.10 Å². The van der Waals surface area contributed by atoms with Gasteiger partial charge in [0, 0.05) is 27.7 Å². The van der Waals surface area contributed by atoms with E-state index >= 15 is 0 Å². The molecule has 0 aliphatic rings. The molecule has 0 spiro atoms. The number of nitrogens with one attached hydrogen (secondary N) is 1. The predicted molar refractivity (Wildman–Crippen MR) is 155 cm³/mol. The number of halogens is 1. The van der Waals surface area contributed by atoms with Crippen LogP contribution in [0.1, 0.15) is 22.5 Å². The van der Waals surface area contributed by atoms with E-state index in [1.165, 1.54) is 19.2 Å². The maximum Gasteiger partial charge on any atom is 0.264 e. The van der Waals surface area contributed by atoms with Crippen LogP contribution in [-0.4, -0.2) is 38.8 Å². The summed E-state index contributed by atoms with van der Waals surface area (Å²) < 4.78 is 35.4. The first-order valence-corrected chi connectivity index (χ1v) is 13.9. The van der Waals surface area contributed by atoms with Crippen LogP contribution in [0, 0.1) is 20.8 Å². The molecule has 1 amide bonds. The topological polar surface area (TPSA) is 93.0 Å². The minimum Gasteiger partial charge on any atom is -0.497 e. The molecule has 4 aromatic rings. The van der Waals surface area contributed by atoms with E-state index in [1.807, 2.05) is 51.1 Å². The second kappa shape index (κ2) is 11.8. The molecule has 0 aliphatic heterocycles. The summed E-state index contributed by atoms with van der Waals surface area (Å²) in [6.45, 7) is 5.32. The van der Waals surface area contributed by atoms with Crippen molar-refractivity contribution in [2.24, 2.45) is 5.10 Å². The zero-order valence-electron chi connectivity index (χ0n) is 22.1. The summed E-state index contributed by atoms with van der Waals surface area (Å²) >= 11 is 6.02. The van der Waals surface area contributed by atoms with Crippen molar-refractivity contribution >= 4 is 39.4 Å². The first kappa shape index (κ1) is 27.9. The molecule has 39 heavy (non-hydrogen) atoms. The van der Waals surface area contributed by atoms with E-state index in [-0.39, 0.29) is 4.90 Å². The maximum absolute atomic E-state index is 13.5. The second-order valence-electron chi connectivity index (χ2n) is 8.95. The zero-order chi connectivity index (χ0) is 28.2. The number of methoxy groups -OCH3 is 1. The molecule has 0 radical (unpaired) electrons. The number of hydrazone groups is 1. The molecular formula is C29H29ClN4O4S. The van der Waals surface area contributed by atoms with Crippen molar-refractivity contribution in [1.82, 2.24) is 9.99 Å². The number of aromatic nitrogens is 1. The second-order valence-corrected chi connectivity index (χ2v) is 11.3. The molecule has 0 atom stereocenters. The molecular weight excluding hydrogens is 536 g/mol. The number of carbonyl (C=O) groups is 1. The highest BCUT2D eigenvalue weighted by atomic mass is 35.5. The Hall–Kier alpha value is -4.08. The number of hydrogen-bond acceptors (Lipinski definition) is 5. The molecule has 202 valence electrons. The Morgan fingerprint density at radius 3 is 2.26 bits per heavy atom. The van der Waals surface area contributed by atoms with Crippen LogP contribution in [0.5, 0.6) is 5.75 Å². The fourth-order valence-electron chi connectivity index (χ4n) is 4.15. The smallest absolute Gasteiger partial charge is 0.264 e. The van der Waals surface area contributed by atoms with Gasteiger partial charge in [0.05, 0.1) is 23.9 Å². The van der Waals surface area contributed by atoms with Crippen molar-refractivity contribution in [3.8, 4) is 11.4 Å². The van der Waals surface area contributed by atoms with Gasteiger partial charge >= 0.3 is 0 Å². The van der Waals surface area contributed by atoms with Crippen molar-refractivity contribution < 1.29 is 17.9 Å². The molecule has 1 aromatic heterocycles. The largest absolute Gasteiger partial charge is 0.497 e. The van der Waals surface area contributed by atoms with Crippen molar-refractivity contribution in [3.05, 3.63) is 106 Å². The summed E-state index contributed by atoms with van der Waals surface area (Å²) in [4.78, 5) is 13.0. The molecule has 0 saturated heterocycles. The first-order valence-electron chi connectivity index (χ1n) is 12.1. The molecule has 0 bridgehead atoms. The van der Waals surface area contributed by atoms with Crippen molar-refractivity contribution in [3.63, 3.8) is 0 Å². The van der Waals surface area contributed by atoms with E-state index < -0.39 is 22.5 Å². The lowest BCUT2D eigenvalue weighted by Gasteiger charge is -2.24. The summed E-state index contributed by atoms with van der Waals surface area (Å²) in [6, 6.07) is 22.4. The van der Waals surface area contributed by atoms with Gasteiger partial charge in [0.15, 0.2) is 0 Å². The monoisotopic (exact) mass is 564 g/mol. The number of carbonyl (C=O) groups excluding carboxylic acids is 1. The van der Waals surface area contributed by atoms with Gasteiger partial charge in [-0.05, 0) is 87.5 Å². The highest BCUT2D eigenvalue weighted by molar-refractivity contribution is 7.92. The van der Waals surface area contributed by atoms with E-state index in [0.717, 1.165) is 32.5 Å². The van der Waals surface area contributed by atoms with Gasteiger partial charge in [-0.3, -0.25) is 9.10 Å². The molecule has 3 aromatic carbocycles. The molecule has 0 unspecified atom stereocenters. The normalized spacial score (nSPS) is 11.5. The van der Waals surface area contributed by atoms with Gasteiger partial charge in [-0.25, -0.2) is 13.8 Å². The molecule has 0 fully saturated rings. The lowest BCUT2D eigenvalue weighted by molar-refractivity contribution is -0.119.